The van der Waals surface area contributed by atoms with Gasteiger partial charge in [0.2, 0.25) is 0 Å². The number of amides is 1. The Kier molecular flexibility index (Phi) is 8.88. The third-order valence-corrected chi connectivity index (χ3v) is 10.3. The van der Waals surface area contributed by atoms with Crippen LogP contribution in [0.4, 0.5) is 23.0 Å². The number of rotatable bonds is 4. The normalized spacial score (nSPS) is 24.4. The number of ether oxygens (including phenoxy) is 1. The van der Waals surface area contributed by atoms with E-state index in [4.69, 9.17) is 27.2 Å². The van der Waals surface area contributed by atoms with Gasteiger partial charge in [-0.05, 0) is 31.7 Å². The maximum atomic E-state index is 13.9. The number of halogens is 1. The zero-order chi connectivity index (χ0) is 28.2. The van der Waals surface area contributed by atoms with Gasteiger partial charge >= 0.3 is 0 Å². The Morgan fingerprint density at radius 2 is 1.73 bits per heavy atom. The molecule has 1 amide bonds. The van der Waals surface area contributed by atoms with E-state index in [2.05, 4.69) is 25.4 Å². The van der Waals surface area contributed by atoms with Crippen molar-refractivity contribution in [2.45, 2.75) is 87.6 Å². The van der Waals surface area contributed by atoms with Crippen LogP contribution in [0.5, 0.6) is 0 Å². The summed E-state index contributed by atoms with van der Waals surface area (Å²) in [4.78, 5) is 23.1. The monoisotopic (exact) mass is 584 g/mol. The van der Waals surface area contributed by atoms with Gasteiger partial charge in [-0.2, -0.15) is 5.10 Å². The van der Waals surface area contributed by atoms with E-state index in [0.717, 1.165) is 83.6 Å². The standard InChI is InChI=1S/C30H45ClN8O2/c31-25-21-34-28-26(27(32)36-39(28)30(25)11-6-4-2-1-3-5-7-12-30)29(40)35-23-20-33-13-8-24(23)38-14-9-22(10-15-38)37-16-18-41-19-17-37/h8,13,20,22,25,34H,1-7,9-12,14-19,21H2,(H2,32,36)(H,35,40). The van der Waals surface area contributed by atoms with Crippen molar-refractivity contribution in [1.82, 2.24) is 19.7 Å². The largest absolute Gasteiger partial charge is 0.381 e. The number of carbonyl (C=O) groups is 1. The SMILES string of the molecule is Nc1nn2c(c1C(=O)Nc1cnccc1N1CCC(N3CCOCC3)CC1)NCC(Cl)C21CCCCCCCCC1. The second-order valence-corrected chi connectivity index (χ2v) is 12.7. The Morgan fingerprint density at radius 1 is 1.05 bits per heavy atom. The van der Waals surface area contributed by atoms with E-state index in [-0.39, 0.29) is 22.6 Å². The molecular formula is C30H45ClN8O2. The Bertz CT molecular complexity index is 1180. The van der Waals surface area contributed by atoms with Crippen LogP contribution >= 0.6 is 11.6 Å². The Morgan fingerprint density at radius 3 is 2.44 bits per heavy atom. The van der Waals surface area contributed by atoms with Gasteiger partial charge in [0.05, 0.1) is 41.7 Å². The molecule has 1 aliphatic carbocycles. The van der Waals surface area contributed by atoms with Crippen molar-refractivity contribution in [2.24, 2.45) is 0 Å². The molecule has 1 saturated carbocycles. The Hall–Kier alpha value is -2.56. The summed E-state index contributed by atoms with van der Waals surface area (Å²) in [5.41, 5.74) is 8.23. The van der Waals surface area contributed by atoms with E-state index in [9.17, 15) is 4.79 Å². The number of pyridine rings is 1. The average molecular weight is 585 g/mol. The lowest BCUT2D eigenvalue weighted by Crippen LogP contribution is -2.50. The molecule has 1 spiro atoms. The molecule has 1 unspecified atom stereocenters. The van der Waals surface area contributed by atoms with Crippen molar-refractivity contribution in [2.75, 3.05) is 67.2 Å². The van der Waals surface area contributed by atoms with Crippen LogP contribution in [0.2, 0.25) is 0 Å². The summed E-state index contributed by atoms with van der Waals surface area (Å²) in [6.45, 7) is 6.12. The minimum Gasteiger partial charge on any atom is -0.381 e. The zero-order valence-electron chi connectivity index (χ0n) is 24.1. The number of fused-ring (bicyclic) bond motifs is 2. The summed E-state index contributed by atoms with van der Waals surface area (Å²) < 4.78 is 7.51. The van der Waals surface area contributed by atoms with Crippen LogP contribution in [0.3, 0.4) is 0 Å². The van der Waals surface area contributed by atoms with Crippen LogP contribution in [0.1, 0.15) is 81.0 Å². The van der Waals surface area contributed by atoms with Gasteiger partial charge < -0.3 is 26.0 Å². The first-order chi connectivity index (χ1) is 20.1. The highest BCUT2D eigenvalue weighted by molar-refractivity contribution is 6.22. The third-order valence-electron chi connectivity index (χ3n) is 9.73. The van der Waals surface area contributed by atoms with Crippen LogP contribution in [-0.4, -0.2) is 82.9 Å². The molecule has 2 aromatic rings. The molecule has 6 rings (SSSR count). The number of piperidine rings is 1. The molecule has 2 aromatic heterocycles. The molecule has 4 aliphatic rings. The predicted molar refractivity (Wildman–Crippen MR) is 164 cm³/mol. The highest BCUT2D eigenvalue weighted by Gasteiger charge is 2.46. The van der Waals surface area contributed by atoms with Crippen LogP contribution in [0, 0.1) is 0 Å². The topological polar surface area (TPSA) is 114 Å². The van der Waals surface area contributed by atoms with E-state index in [0.29, 0.717) is 29.7 Å². The maximum Gasteiger partial charge on any atom is 0.263 e. The van der Waals surface area contributed by atoms with Crippen molar-refractivity contribution >= 4 is 40.5 Å². The summed E-state index contributed by atoms with van der Waals surface area (Å²) >= 11 is 7.05. The second-order valence-electron chi connectivity index (χ2n) is 12.2. The molecule has 0 radical (unpaired) electrons. The van der Waals surface area contributed by atoms with Crippen molar-refractivity contribution in [3.8, 4) is 0 Å². The van der Waals surface area contributed by atoms with E-state index < -0.39 is 0 Å². The first-order valence-electron chi connectivity index (χ1n) is 15.7. The number of nitrogens with two attached hydrogens (primary N) is 1. The Balaban J connectivity index is 1.20. The first kappa shape index (κ1) is 28.6. The maximum absolute atomic E-state index is 13.9. The number of anilines is 4. The fourth-order valence-corrected chi connectivity index (χ4v) is 7.80. The summed E-state index contributed by atoms with van der Waals surface area (Å²) in [5, 5.41) is 11.2. The quantitative estimate of drug-likeness (QED) is 0.445. The molecule has 4 N–H and O–H groups in total. The number of carbonyl (C=O) groups excluding carboxylic acids is 1. The van der Waals surface area contributed by atoms with Gasteiger partial charge in [-0.3, -0.25) is 14.7 Å². The molecule has 41 heavy (non-hydrogen) atoms. The molecule has 224 valence electrons. The molecule has 11 heteroatoms. The van der Waals surface area contributed by atoms with Crippen LogP contribution in [0.25, 0.3) is 0 Å². The molecule has 2 saturated heterocycles. The van der Waals surface area contributed by atoms with Crippen LogP contribution in [-0.2, 0) is 10.3 Å². The summed E-state index contributed by atoms with van der Waals surface area (Å²) in [6, 6.07) is 2.58. The van der Waals surface area contributed by atoms with Crippen molar-refractivity contribution in [3.63, 3.8) is 0 Å². The van der Waals surface area contributed by atoms with Gasteiger partial charge in [0.15, 0.2) is 5.82 Å². The average Bonchev–Trinajstić information content (AvgIpc) is 3.36. The molecular weight excluding hydrogens is 540 g/mol. The van der Waals surface area contributed by atoms with Crippen molar-refractivity contribution < 1.29 is 9.53 Å². The molecule has 0 aromatic carbocycles. The van der Waals surface area contributed by atoms with Crippen LogP contribution in [0.15, 0.2) is 18.5 Å². The van der Waals surface area contributed by atoms with Gasteiger partial charge in [0.25, 0.3) is 5.91 Å². The number of nitrogens with zero attached hydrogens (tertiary/aromatic N) is 5. The number of aromatic nitrogens is 3. The lowest BCUT2D eigenvalue weighted by atomic mass is 9.81. The Labute approximate surface area is 248 Å². The lowest BCUT2D eigenvalue weighted by Gasteiger charge is -2.43. The van der Waals surface area contributed by atoms with Gasteiger partial charge in [0, 0.05) is 45.0 Å². The van der Waals surface area contributed by atoms with Crippen LogP contribution < -0.4 is 21.3 Å². The molecule has 10 nitrogen and oxygen atoms in total. The fourth-order valence-electron chi connectivity index (χ4n) is 7.41. The summed E-state index contributed by atoms with van der Waals surface area (Å²) in [5.74, 6) is 0.659. The van der Waals surface area contributed by atoms with E-state index >= 15 is 0 Å². The van der Waals surface area contributed by atoms with Gasteiger partial charge in [-0.25, -0.2) is 4.68 Å². The molecule has 3 fully saturated rings. The third kappa shape index (κ3) is 5.88. The zero-order valence-corrected chi connectivity index (χ0v) is 24.9. The minimum absolute atomic E-state index is 0.116. The first-order valence-corrected chi connectivity index (χ1v) is 16.1. The van der Waals surface area contributed by atoms with Gasteiger partial charge in [0.1, 0.15) is 11.4 Å². The molecule has 5 heterocycles. The highest BCUT2D eigenvalue weighted by Crippen LogP contribution is 2.44. The predicted octanol–water partition coefficient (Wildman–Crippen LogP) is 4.67. The number of hydrogen-bond acceptors (Lipinski definition) is 8. The molecule has 0 bridgehead atoms. The number of nitrogens with one attached hydrogen (secondary N) is 2. The number of alkyl halides is 1. The summed E-state index contributed by atoms with van der Waals surface area (Å²) in [6.07, 6.45) is 16.0. The second kappa shape index (κ2) is 12.8. The smallest absolute Gasteiger partial charge is 0.263 e. The summed E-state index contributed by atoms with van der Waals surface area (Å²) in [7, 11) is 0. The number of morpholine rings is 1. The lowest BCUT2D eigenvalue weighted by molar-refractivity contribution is 0.0115. The number of hydrogen-bond donors (Lipinski definition) is 3. The minimum atomic E-state index is -0.337. The van der Waals surface area contributed by atoms with Crippen molar-refractivity contribution in [3.05, 3.63) is 24.0 Å². The molecule has 1 atom stereocenters. The van der Waals surface area contributed by atoms with E-state index in [1.165, 1.54) is 32.1 Å². The molecule has 3 aliphatic heterocycles. The van der Waals surface area contributed by atoms with Gasteiger partial charge in [-0.15, -0.1) is 11.6 Å². The van der Waals surface area contributed by atoms with Gasteiger partial charge in [-0.1, -0.05) is 44.9 Å². The van der Waals surface area contributed by atoms with E-state index in [1.54, 1.807) is 12.4 Å². The van der Waals surface area contributed by atoms with Crippen molar-refractivity contribution in [1.29, 1.82) is 0 Å². The van der Waals surface area contributed by atoms with E-state index in [1.807, 2.05) is 10.7 Å². The fraction of sp³-hybridized carbons (Fsp3) is 0.700. The highest BCUT2D eigenvalue weighted by atomic mass is 35.5. The number of nitrogen functional groups attached to an aromatic ring is 1.